The summed E-state index contributed by atoms with van der Waals surface area (Å²) in [5.41, 5.74) is 2.02. The van der Waals surface area contributed by atoms with Gasteiger partial charge in [0.15, 0.2) is 0 Å². The van der Waals surface area contributed by atoms with Gasteiger partial charge in [0.05, 0.1) is 13.0 Å². The van der Waals surface area contributed by atoms with Crippen molar-refractivity contribution in [2.75, 3.05) is 13.2 Å². The SMILES string of the molecule is O=C(O)[C@@H]1CCCN1C(=O)CCOc1ccccc1-c1ccccc1. The van der Waals surface area contributed by atoms with Crippen LogP contribution in [0.4, 0.5) is 0 Å². The molecule has 3 rings (SSSR count). The van der Waals surface area contributed by atoms with Gasteiger partial charge in [0.25, 0.3) is 0 Å². The fourth-order valence-corrected chi connectivity index (χ4v) is 3.16. The molecular weight excluding hydrogens is 318 g/mol. The Labute approximate surface area is 146 Å². The first-order valence-corrected chi connectivity index (χ1v) is 8.46. The second kappa shape index (κ2) is 7.83. The number of rotatable bonds is 6. The van der Waals surface area contributed by atoms with Gasteiger partial charge >= 0.3 is 5.97 Å². The molecule has 0 spiro atoms. The Balaban J connectivity index is 1.61. The van der Waals surface area contributed by atoms with Crippen molar-refractivity contribution in [2.24, 2.45) is 0 Å². The Hall–Kier alpha value is -2.82. The molecule has 1 aliphatic rings. The predicted molar refractivity (Wildman–Crippen MR) is 94.4 cm³/mol. The molecular formula is C20H21NO4. The van der Waals surface area contributed by atoms with Crippen LogP contribution >= 0.6 is 0 Å². The molecule has 5 nitrogen and oxygen atoms in total. The monoisotopic (exact) mass is 339 g/mol. The summed E-state index contributed by atoms with van der Waals surface area (Å²) in [6.45, 7) is 0.738. The number of hydrogen-bond donors (Lipinski definition) is 1. The quantitative estimate of drug-likeness (QED) is 0.878. The minimum atomic E-state index is -0.929. The first-order valence-electron chi connectivity index (χ1n) is 8.46. The Morgan fingerprint density at radius 1 is 1.08 bits per heavy atom. The molecule has 0 unspecified atom stereocenters. The summed E-state index contributed by atoms with van der Waals surface area (Å²) in [7, 11) is 0. The largest absolute Gasteiger partial charge is 0.492 e. The van der Waals surface area contributed by atoms with Crippen molar-refractivity contribution in [2.45, 2.75) is 25.3 Å². The molecule has 1 heterocycles. The van der Waals surface area contributed by atoms with Crippen molar-refractivity contribution in [1.82, 2.24) is 4.90 Å². The summed E-state index contributed by atoms with van der Waals surface area (Å²) in [5, 5.41) is 9.17. The molecule has 1 atom stereocenters. The van der Waals surface area contributed by atoms with E-state index < -0.39 is 12.0 Å². The molecule has 0 aliphatic carbocycles. The molecule has 1 aliphatic heterocycles. The minimum Gasteiger partial charge on any atom is -0.492 e. The number of ether oxygens (including phenoxy) is 1. The molecule has 1 saturated heterocycles. The van der Waals surface area contributed by atoms with Crippen molar-refractivity contribution in [3.05, 3.63) is 54.6 Å². The molecule has 5 heteroatoms. The van der Waals surface area contributed by atoms with Crippen LogP contribution in [0.3, 0.4) is 0 Å². The van der Waals surface area contributed by atoms with E-state index in [-0.39, 0.29) is 18.9 Å². The second-order valence-corrected chi connectivity index (χ2v) is 6.04. The first-order chi connectivity index (χ1) is 12.2. The topological polar surface area (TPSA) is 66.8 Å². The standard InChI is InChI=1S/C20H21NO4/c22-19(21-13-6-10-17(21)20(23)24)12-14-25-18-11-5-4-9-16(18)15-7-2-1-3-8-15/h1-5,7-9,11,17H,6,10,12-14H2,(H,23,24)/t17-/m0/s1. The summed E-state index contributed by atoms with van der Waals surface area (Å²) in [6.07, 6.45) is 1.44. The Bertz CT molecular complexity index is 744. The number of likely N-dealkylation sites (tertiary alicyclic amines) is 1. The molecule has 25 heavy (non-hydrogen) atoms. The van der Waals surface area contributed by atoms with Gasteiger partial charge in [-0.25, -0.2) is 4.79 Å². The molecule has 1 fully saturated rings. The molecule has 1 N–H and O–H groups in total. The molecule has 0 radical (unpaired) electrons. The van der Waals surface area contributed by atoms with Gasteiger partial charge in [-0.1, -0.05) is 48.5 Å². The summed E-state index contributed by atoms with van der Waals surface area (Å²) >= 11 is 0. The highest BCUT2D eigenvalue weighted by molar-refractivity contribution is 5.84. The number of nitrogens with zero attached hydrogens (tertiary/aromatic N) is 1. The maximum atomic E-state index is 12.3. The molecule has 0 aromatic heterocycles. The number of benzene rings is 2. The average molecular weight is 339 g/mol. The van der Waals surface area contributed by atoms with Gasteiger partial charge in [-0.05, 0) is 24.5 Å². The maximum Gasteiger partial charge on any atom is 0.326 e. The second-order valence-electron chi connectivity index (χ2n) is 6.04. The van der Waals surface area contributed by atoms with Gasteiger partial charge in [0.1, 0.15) is 11.8 Å². The normalized spacial score (nSPS) is 16.6. The van der Waals surface area contributed by atoms with Gasteiger partial charge in [-0.15, -0.1) is 0 Å². The molecule has 2 aromatic rings. The van der Waals surface area contributed by atoms with E-state index in [1.54, 1.807) is 0 Å². The Morgan fingerprint density at radius 3 is 2.56 bits per heavy atom. The van der Waals surface area contributed by atoms with Gasteiger partial charge in [-0.2, -0.15) is 0 Å². The maximum absolute atomic E-state index is 12.3. The Morgan fingerprint density at radius 2 is 1.80 bits per heavy atom. The van der Waals surface area contributed by atoms with Crippen LogP contribution in [0.25, 0.3) is 11.1 Å². The van der Waals surface area contributed by atoms with E-state index in [0.29, 0.717) is 13.0 Å². The Kier molecular flexibility index (Phi) is 5.33. The van der Waals surface area contributed by atoms with E-state index in [1.165, 1.54) is 4.90 Å². The van der Waals surface area contributed by atoms with Crippen LogP contribution in [0.1, 0.15) is 19.3 Å². The fraction of sp³-hybridized carbons (Fsp3) is 0.300. The van der Waals surface area contributed by atoms with Crippen LogP contribution in [0.15, 0.2) is 54.6 Å². The van der Waals surface area contributed by atoms with E-state index in [2.05, 4.69) is 0 Å². The van der Waals surface area contributed by atoms with E-state index in [4.69, 9.17) is 4.74 Å². The lowest BCUT2D eigenvalue weighted by atomic mass is 10.1. The number of hydrogen-bond acceptors (Lipinski definition) is 3. The van der Waals surface area contributed by atoms with Crippen LogP contribution in [0.5, 0.6) is 5.75 Å². The van der Waals surface area contributed by atoms with Crippen LogP contribution in [-0.4, -0.2) is 41.1 Å². The number of aliphatic carboxylic acids is 1. The zero-order chi connectivity index (χ0) is 17.6. The minimum absolute atomic E-state index is 0.165. The number of carboxylic acid groups (broad SMARTS) is 1. The smallest absolute Gasteiger partial charge is 0.326 e. The number of amides is 1. The van der Waals surface area contributed by atoms with Gasteiger partial charge in [0.2, 0.25) is 5.91 Å². The lowest BCUT2D eigenvalue weighted by Crippen LogP contribution is -2.40. The molecule has 2 aromatic carbocycles. The number of carboxylic acids is 1. The molecule has 1 amide bonds. The predicted octanol–water partition coefficient (Wildman–Crippen LogP) is 3.20. The van der Waals surface area contributed by atoms with Crippen LogP contribution in [-0.2, 0) is 9.59 Å². The first kappa shape index (κ1) is 17.0. The van der Waals surface area contributed by atoms with E-state index in [1.807, 2.05) is 54.6 Å². The van der Waals surface area contributed by atoms with Crippen LogP contribution in [0, 0.1) is 0 Å². The van der Waals surface area contributed by atoms with Crippen molar-refractivity contribution in [3.63, 3.8) is 0 Å². The highest BCUT2D eigenvalue weighted by Crippen LogP contribution is 2.29. The van der Waals surface area contributed by atoms with E-state index in [9.17, 15) is 14.7 Å². The molecule has 130 valence electrons. The molecule has 0 saturated carbocycles. The summed E-state index contributed by atoms with van der Waals surface area (Å²) in [6, 6.07) is 16.9. The zero-order valence-corrected chi connectivity index (χ0v) is 13.9. The summed E-state index contributed by atoms with van der Waals surface area (Å²) in [5.74, 6) is -0.374. The lowest BCUT2D eigenvalue weighted by Gasteiger charge is -2.21. The zero-order valence-electron chi connectivity index (χ0n) is 13.9. The van der Waals surface area contributed by atoms with Gasteiger partial charge < -0.3 is 14.7 Å². The van der Waals surface area contributed by atoms with Crippen molar-refractivity contribution >= 4 is 11.9 Å². The number of carbonyl (C=O) groups is 2. The van der Waals surface area contributed by atoms with Crippen molar-refractivity contribution < 1.29 is 19.4 Å². The summed E-state index contributed by atoms with van der Waals surface area (Å²) in [4.78, 5) is 24.9. The number of para-hydroxylation sites is 1. The van der Waals surface area contributed by atoms with Gasteiger partial charge in [0, 0.05) is 12.1 Å². The average Bonchev–Trinajstić information content (AvgIpc) is 3.13. The molecule has 0 bridgehead atoms. The van der Waals surface area contributed by atoms with Crippen molar-refractivity contribution in [3.8, 4) is 16.9 Å². The number of carbonyl (C=O) groups excluding carboxylic acids is 1. The van der Waals surface area contributed by atoms with Crippen LogP contribution in [0.2, 0.25) is 0 Å². The van der Waals surface area contributed by atoms with E-state index in [0.717, 1.165) is 23.3 Å². The third-order valence-corrected chi connectivity index (χ3v) is 4.40. The fourth-order valence-electron chi connectivity index (χ4n) is 3.16. The highest BCUT2D eigenvalue weighted by Gasteiger charge is 2.33. The van der Waals surface area contributed by atoms with E-state index >= 15 is 0 Å². The highest BCUT2D eigenvalue weighted by atomic mass is 16.5. The lowest BCUT2D eigenvalue weighted by molar-refractivity contribution is -0.148. The van der Waals surface area contributed by atoms with Crippen molar-refractivity contribution in [1.29, 1.82) is 0 Å². The third kappa shape index (κ3) is 3.99. The van der Waals surface area contributed by atoms with Gasteiger partial charge in [-0.3, -0.25) is 4.79 Å². The summed E-state index contributed by atoms with van der Waals surface area (Å²) < 4.78 is 5.82. The third-order valence-electron chi connectivity index (χ3n) is 4.40. The van der Waals surface area contributed by atoms with Crippen LogP contribution < -0.4 is 4.74 Å².